The van der Waals surface area contributed by atoms with Crippen LogP contribution in [0.15, 0.2) is 30.3 Å². The molecule has 1 fully saturated rings. The third-order valence-electron chi connectivity index (χ3n) is 3.36. The van der Waals surface area contributed by atoms with Crippen LogP contribution in [0.4, 0.5) is 0 Å². The molecule has 1 aromatic carbocycles. The molecule has 1 N–H and O–H groups in total. The van der Waals surface area contributed by atoms with Gasteiger partial charge in [-0.15, -0.1) is 0 Å². The van der Waals surface area contributed by atoms with E-state index in [2.05, 4.69) is 4.90 Å². The largest absolute Gasteiger partial charge is 0.393 e. The highest BCUT2D eigenvalue weighted by Gasteiger charge is 2.27. The Bertz CT molecular complexity index is 369. The highest BCUT2D eigenvalue weighted by molar-refractivity contribution is 5.82. The normalized spacial score (nSPS) is 20.1. The number of benzene rings is 1. The maximum atomic E-state index is 11.8. The Kier molecular flexibility index (Phi) is 3.92. The fourth-order valence-corrected chi connectivity index (χ4v) is 2.48. The number of ketones is 1. The van der Waals surface area contributed by atoms with Crippen molar-refractivity contribution in [1.29, 1.82) is 0 Å². The number of piperidine rings is 1. The van der Waals surface area contributed by atoms with Gasteiger partial charge in [-0.2, -0.15) is 0 Å². The maximum Gasteiger partial charge on any atom is 0.151 e. The van der Waals surface area contributed by atoms with Gasteiger partial charge in [0.2, 0.25) is 0 Å². The summed E-state index contributed by atoms with van der Waals surface area (Å²) in [7, 11) is 0. The van der Waals surface area contributed by atoms with Crippen molar-refractivity contribution in [3.8, 4) is 0 Å². The lowest BCUT2D eigenvalue weighted by Crippen LogP contribution is -2.40. The molecule has 0 bridgehead atoms. The Hall–Kier alpha value is -1.19. The second-order valence-corrected chi connectivity index (χ2v) is 4.69. The van der Waals surface area contributed by atoms with Crippen molar-refractivity contribution in [1.82, 2.24) is 4.90 Å². The molecule has 0 aromatic heterocycles. The second-order valence-electron chi connectivity index (χ2n) is 4.69. The van der Waals surface area contributed by atoms with Gasteiger partial charge in [0.05, 0.1) is 12.1 Å². The van der Waals surface area contributed by atoms with Crippen molar-refractivity contribution in [2.45, 2.75) is 31.9 Å². The topological polar surface area (TPSA) is 40.5 Å². The molecule has 3 nitrogen and oxygen atoms in total. The van der Waals surface area contributed by atoms with Crippen LogP contribution in [0.2, 0.25) is 0 Å². The summed E-state index contributed by atoms with van der Waals surface area (Å²) < 4.78 is 0. The SMILES string of the molecule is CC(=O)C(c1ccccc1)N1CCC(O)CC1. The van der Waals surface area contributed by atoms with Gasteiger partial charge in [0.15, 0.2) is 5.78 Å². The van der Waals surface area contributed by atoms with Crippen molar-refractivity contribution in [3.63, 3.8) is 0 Å². The average molecular weight is 233 g/mol. The molecule has 1 heterocycles. The van der Waals surface area contributed by atoms with Crippen LogP contribution >= 0.6 is 0 Å². The summed E-state index contributed by atoms with van der Waals surface area (Å²) in [6, 6.07) is 9.73. The van der Waals surface area contributed by atoms with E-state index in [0.29, 0.717) is 0 Å². The van der Waals surface area contributed by atoms with Gasteiger partial charge in [-0.05, 0) is 25.3 Å². The predicted molar refractivity (Wildman–Crippen MR) is 66.7 cm³/mol. The average Bonchev–Trinajstić information content (AvgIpc) is 2.33. The molecule has 0 amide bonds. The minimum absolute atomic E-state index is 0.149. The lowest BCUT2D eigenvalue weighted by Gasteiger charge is -2.35. The monoisotopic (exact) mass is 233 g/mol. The second kappa shape index (κ2) is 5.43. The fourth-order valence-electron chi connectivity index (χ4n) is 2.48. The van der Waals surface area contributed by atoms with Gasteiger partial charge in [0.25, 0.3) is 0 Å². The molecular formula is C14H19NO2. The minimum atomic E-state index is -0.199. The van der Waals surface area contributed by atoms with E-state index in [4.69, 9.17) is 0 Å². The summed E-state index contributed by atoms with van der Waals surface area (Å²) in [6.45, 7) is 3.23. The van der Waals surface area contributed by atoms with Crippen LogP contribution < -0.4 is 0 Å². The molecule has 3 heteroatoms. The Morgan fingerprint density at radius 2 is 1.88 bits per heavy atom. The molecule has 1 atom stereocenters. The highest BCUT2D eigenvalue weighted by atomic mass is 16.3. The number of Topliss-reactive ketones (excluding diaryl/α,β-unsaturated/α-hetero) is 1. The molecule has 1 unspecified atom stereocenters. The van der Waals surface area contributed by atoms with Crippen molar-refractivity contribution in [2.75, 3.05) is 13.1 Å². The number of likely N-dealkylation sites (tertiary alicyclic amines) is 1. The molecule has 92 valence electrons. The first-order valence-corrected chi connectivity index (χ1v) is 6.16. The van der Waals surface area contributed by atoms with Crippen molar-refractivity contribution in [3.05, 3.63) is 35.9 Å². The number of nitrogens with zero attached hydrogens (tertiary/aromatic N) is 1. The van der Waals surface area contributed by atoms with Crippen LogP contribution in [0, 0.1) is 0 Å². The van der Waals surface area contributed by atoms with Crippen molar-refractivity contribution in [2.24, 2.45) is 0 Å². The molecule has 1 saturated heterocycles. The zero-order valence-corrected chi connectivity index (χ0v) is 10.2. The summed E-state index contributed by atoms with van der Waals surface area (Å²) in [5, 5.41) is 9.51. The number of hydrogen-bond donors (Lipinski definition) is 1. The number of rotatable bonds is 3. The molecule has 2 rings (SSSR count). The Morgan fingerprint density at radius 3 is 2.41 bits per heavy atom. The van der Waals surface area contributed by atoms with Gasteiger partial charge >= 0.3 is 0 Å². The van der Waals surface area contributed by atoms with Crippen molar-refractivity contribution >= 4 is 5.78 Å². The van der Waals surface area contributed by atoms with Crippen LogP contribution in [-0.4, -0.2) is 35.0 Å². The first-order chi connectivity index (χ1) is 8.18. The number of aliphatic hydroxyl groups excluding tert-OH is 1. The summed E-state index contributed by atoms with van der Waals surface area (Å²) in [5.74, 6) is 0.174. The van der Waals surface area contributed by atoms with Gasteiger partial charge < -0.3 is 5.11 Å². The summed E-state index contributed by atoms with van der Waals surface area (Å²) in [5.41, 5.74) is 1.05. The first kappa shape index (κ1) is 12.3. The molecule has 0 radical (unpaired) electrons. The number of carbonyl (C=O) groups is 1. The standard InChI is InChI=1S/C14H19NO2/c1-11(16)14(12-5-3-2-4-6-12)15-9-7-13(17)8-10-15/h2-6,13-14,17H,7-10H2,1H3. The highest BCUT2D eigenvalue weighted by Crippen LogP contribution is 2.25. The molecular weight excluding hydrogens is 214 g/mol. The number of hydrogen-bond acceptors (Lipinski definition) is 3. The maximum absolute atomic E-state index is 11.8. The Labute approximate surface area is 102 Å². The van der Waals surface area contributed by atoms with Gasteiger partial charge in [-0.1, -0.05) is 30.3 Å². The first-order valence-electron chi connectivity index (χ1n) is 6.16. The van der Waals surface area contributed by atoms with Crippen LogP contribution in [0.1, 0.15) is 31.4 Å². The Morgan fingerprint density at radius 1 is 1.29 bits per heavy atom. The third kappa shape index (κ3) is 2.93. The summed E-state index contributed by atoms with van der Waals surface area (Å²) in [6.07, 6.45) is 1.32. The van der Waals surface area contributed by atoms with E-state index in [-0.39, 0.29) is 17.9 Å². The van der Waals surface area contributed by atoms with E-state index in [1.165, 1.54) is 0 Å². The number of aliphatic hydroxyl groups is 1. The smallest absolute Gasteiger partial charge is 0.151 e. The van der Waals surface area contributed by atoms with E-state index in [1.54, 1.807) is 6.92 Å². The van der Waals surface area contributed by atoms with Gasteiger partial charge in [-0.3, -0.25) is 9.69 Å². The van der Waals surface area contributed by atoms with Crippen molar-refractivity contribution < 1.29 is 9.90 Å². The van der Waals surface area contributed by atoms with Crippen LogP contribution in [0.25, 0.3) is 0 Å². The van der Waals surface area contributed by atoms with Gasteiger partial charge in [0.1, 0.15) is 0 Å². The Balaban J connectivity index is 2.16. The fraction of sp³-hybridized carbons (Fsp3) is 0.500. The van der Waals surface area contributed by atoms with Crippen LogP contribution in [0.5, 0.6) is 0 Å². The predicted octanol–water partition coefficient (Wildman–Crippen LogP) is 1.77. The van der Waals surface area contributed by atoms with Crippen LogP contribution in [-0.2, 0) is 4.79 Å². The molecule has 1 aliphatic rings. The molecule has 0 spiro atoms. The summed E-state index contributed by atoms with van der Waals surface area (Å²) >= 11 is 0. The van der Waals surface area contributed by atoms with Gasteiger partial charge in [-0.25, -0.2) is 0 Å². The van der Waals surface area contributed by atoms with Gasteiger partial charge in [0, 0.05) is 13.1 Å². The molecule has 17 heavy (non-hydrogen) atoms. The summed E-state index contributed by atoms with van der Waals surface area (Å²) in [4.78, 5) is 14.0. The lowest BCUT2D eigenvalue weighted by molar-refractivity contribution is -0.123. The minimum Gasteiger partial charge on any atom is -0.393 e. The lowest BCUT2D eigenvalue weighted by atomic mass is 9.98. The quantitative estimate of drug-likeness (QED) is 0.865. The van der Waals surface area contributed by atoms with E-state index >= 15 is 0 Å². The molecule has 0 saturated carbocycles. The zero-order valence-electron chi connectivity index (χ0n) is 10.2. The van der Waals surface area contributed by atoms with Crippen LogP contribution in [0.3, 0.4) is 0 Å². The van der Waals surface area contributed by atoms with E-state index < -0.39 is 0 Å². The molecule has 1 aromatic rings. The molecule has 0 aliphatic carbocycles. The van der Waals surface area contributed by atoms with E-state index in [1.807, 2.05) is 30.3 Å². The zero-order chi connectivity index (χ0) is 12.3. The molecule has 1 aliphatic heterocycles. The number of carbonyl (C=O) groups excluding carboxylic acids is 1. The van der Waals surface area contributed by atoms with E-state index in [9.17, 15) is 9.90 Å². The van der Waals surface area contributed by atoms with E-state index in [0.717, 1.165) is 31.5 Å². The third-order valence-corrected chi connectivity index (χ3v) is 3.36.